The Balaban J connectivity index is 1.51. The number of benzene rings is 2. The van der Waals surface area contributed by atoms with Crippen LogP contribution in [-0.2, 0) is 11.2 Å². The Morgan fingerprint density at radius 3 is 2.57 bits per heavy atom. The van der Waals surface area contributed by atoms with Crippen LogP contribution in [0.3, 0.4) is 0 Å². The number of carbonyl (C=O) groups excluding carboxylic acids is 1. The minimum absolute atomic E-state index is 0.0359. The lowest BCUT2D eigenvalue weighted by Crippen LogP contribution is -2.37. The lowest BCUT2D eigenvalue weighted by Gasteiger charge is -2.16. The fourth-order valence-corrected chi connectivity index (χ4v) is 3.81. The first-order chi connectivity index (χ1) is 13.5. The van der Waals surface area contributed by atoms with Crippen molar-refractivity contribution in [1.82, 2.24) is 15.5 Å². The van der Waals surface area contributed by atoms with Gasteiger partial charge < -0.3 is 9.73 Å². The van der Waals surface area contributed by atoms with Gasteiger partial charge in [-0.3, -0.25) is 4.79 Å². The summed E-state index contributed by atoms with van der Waals surface area (Å²) in [7, 11) is 0. The van der Waals surface area contributed by atoms with Crippen molar-refractivity contribution >= 4 is 33.6 Å². The van der Waals surface area contributed by atoms with Gasteiger partial charge in [-0.2, -0.15) is 0 Å². The summed E-state index contributed by atoms with van der Waals surface area (Å²) in [4.78, 5) is 12.5. The van der Waals surface area contributed by atoms with Gasteiger partial charge in [0.05, 0.1) is 10.8 Å². The Labute approximate surface area is 177 Å². The number of carbonyl (C=O) groups is 1. The number of halogens is 1. The highest BCUT2D eigenvalue weighted by Crippen LogP contribution is 2.30. The Morgan fingerprint density at radius 2 is 1.82 bits per heavy atom. The third kappa shape index (κ3) is 5.69. The number of hydrogen-bond acceptors (Lipinski definition) is 5. The summed E-state index contributed by atoms with van der Waals surface area (Å²) < 4.78 is 6.60. The van der Waals surface area contributed by atoms with Crippen molar-refractivity contribution in [3.05, 3.63) is 64.6 Å². The summed E-state index contributed by atoms with van der Waals surface area (Å²) in [5.41, 5.74) is 2.10. The van der Waals surface area contributed by atoms with E-state index < -0.39 is 0 Å². The van der Waals surface area contributed by atoms with Crippen LogP contribution in [0.2, 0.25) is 0 Å². The standard InChI is InChI=1S/C21H22BrN3O2S/c1-14(12-13-16-8-4-3-5-9-16)23-19(26)15(2)28-21-25-24-20(27-21)17-10-6-7-11-18(17)22/h3-11,14-15H,12-13H2,1-2H3,(H,23,26)/t14-,15+/m1/s1. The van der Waals surface area contributed by atoms with Crippen LogP contribution in [0.5, 0.6) is 0 Å². The van der Waals surface area contributed by atoms with Crippen molar-refractivity contribution < 1.29 is 9.21 Å². The van der Waals surface area contributed by atoms with Gasteiger partial charge in [0.25, 0.3) is 5.22 Å². The molecule has 0 radical (unpaired) electrons. The normalized spacial score (nSPS) is 13.1. The first-order valence-electron chi connectivity index (χ1n) is 9.12. The number of hydrogen-bond donors (Lipinski definition) is 1. The van der Waals surface area contributed by atoms with Crippen molar-refractivity contribution in [3.63, 3.8) is 0 Å². The molecular weight excluding hydrogens is 438 g/mol. The third-order valence-corrected chi connectivity index (χ3v) is 5.88. The zero-order chi connectivity index (χ0) is 19.9. The predicted molar refractivity (Wildman–Crippen MR) is 115 cm³/mol. The molecule has 0 aliphatic carbocycles. The van der Waals surface area contributed by atoms with E-state index >= 15 is 0 Å². The van der Waals surface area contributed by atoms with Gasteiger partial charge in [-0.1, -0.05) is 54.2 Å². The second-order valence-corrected chi connectivity index (χ2v) is 8.69. The summed E-state index contributed by atoms with van der Waals surface area (Å²) in [5.74, 6) is 0.394. The number of amides is 1. The topological polar surface area (TPSA) is 68.0 Å². The molecule has 0 aliphatic heterocycles. The van der Waals surface area contributed by atoms with Crippen LogP contribution in [0, 0.1) is 0 Å². The van der Waals surface area contributed by atoms with E-state index in [1.807, 2.05) is 56.3 Å². The Kier molecular flexibility index (Phi) is 7.28. The van der Waals surface area contributed by atoms with Crippen LogP contribution in [0.4, 0.5) is 0 Å². The van der Waals surface area contributed by atoms with E-state index in [1.54, 1.807) is 0 Å². The Morgan fingerprint density at radius 1 is 1.11 bits per heavy atom. The van der Waals surface area contributed by atoms with Gasteiger partial charge in [0.2, 0.25) is 11.8 Å². The molecule has 1 aromatic heterocycles. The Hall–Kier alpha value is -2.12. The second kappa shape index (κ2) is 9.89. The number of aromatic nitrogens is 2. The van der Waals surface area contributed by atoms with E-state index in [9.17, 15) is 4.79 Å². The van der Waals surface area contributed by atoms with Crippen LogP contribution in [0.1, 0.15) is 25.8 Å². The number of aryl methyl sites for hydroxylation is 1. The molecule has 3 rings (SSSR count). The van der Waals surface area contributed by atoms with Gasteiger partial charge >= 0.3 is 0 Å². The van der Waals surface area contributed by atoms with Crippen LogP contribution in [0.15, 0.2) is 68.7 Å². The molecule has 0 spiro atoms. The molecule has 0 bridgehead atoms. The molecule has 0 aliphatic rings. The first kappa shape index (κ1) is 20.6. The zero-order valence-electron chi connectivity index (χ0n) is 15.8. The highest BCUT2D eigenvalue weighted by molar-refractivity contribution is 9.10. The van der Waals surface area contributed by atoms with Crippen LogP contribution in [0.25, 0.3) is 11.5 Å². The average molecular weight is 460 g/mol. The van der Waals surface area contributed by atoms with E-state index in [0.29, 0.717) is 11.1 Å². The maximum absolute atomic E-state index is 12.5. The number of nitrogens with zero attached hydrogens (tertiary/aromatic N) is 2. The molecule has 1 amide bonds. The van der Waals surface area contributed by atoms with E-state index in [2.05, 4.69) is 43.6 Å². The average Bonchev–Trinajstić information content (AvgIpc) is 3.15. The summed E-state index contributed by atoms with van der Waals surface area (Å²) in [5, 5.41) is 11.3. The molecule has 5 nitrogen and oxygen atoms in total. The van der Waals surface area contributed by atoms with E-state index in [4.69, 9.17) is 4.42 Å². The molecule has 0 saturated carbocycles. The van der Waals surface area contributed by atoms with Gasteiger partial charge in [0.1, 0.15) is 0 Å². The minimum Gasteiger partial charge on any atom is -0.411 e. The smallest absolute Gasteiger partial charge is 0.277 e. The van der Waals surface area contributed by atoms with Gasteiger partial charge in [-0.15, -0.1) is 10.2 Å². The summed E-state index contributed by atoms with van der Waals surface area (Å²) in [6.45, 7) is 3.86. The van der Waals surface area contributed by atoms with Gasteiger partial charge in [0, 0.05) is 10.5 Å². The fraction of sp³-hybridized carbons (Fsp3) is 0.286. The van der Waals surface area contributed by atoms with Crippen LogP contribution in [-0.4, -0.2) is 27.4 Å². The summed E-state index contributed by atoms with van der Waals surface area (Å²) in [6.07, 6.45) is 1.82. The van der Waals surface area contributed by atoms with Gasteiger partial charge in [-0.05, 0) is 60.3 Å². The quantitative estimate of drug-likeness (QED) is 0.473. The van der Waals surface area contributed by atoms with E-state index in [1.165, 1.54) is 17.3 Å². The van der Waals surface area contributed by atoms with Gasteiger partial charge in [0.15, 0.2) is 0 Å². The maximum atomic E-state index is 12.5. The molecule has 146 valence electrons. The highest BCUT2D eigenvalue weighted by Gasteiger charge is 2.20. The molecule has 2 atom stereocenters. The van der Waals surface area contributed by atoms with Crippen molar-refractivity contribution in [2.24, 2.45) is 0 Å². The maximum Gasteiger partial charge on any atom is 0.277 e. The predicted octanol–water partition coefficient (Wildman–Crippen LogP) is 5.12. The molecule has 1 heterocycles. The lowest BCUT2D eigenvalue weighted by atomic mass is 10.1. The van der Waals surface area contributed by atoms with Crippen molar-refractivity contribution in [3.8, 4) is 11.5 Å². The Bertz CT molecular complexity index is 917. The van der Waals surface area contributed by atoms with Crippen molar-refractivity contribution in [2.45, 2.75) is 43.2 Å². The number of thioether (sulfide) groups is 1. The zero-order valence-corrected chi connectivity index (χ0v) is 18.2. The molecule has 3 aromatic rings. The largest absolute Gasteiger partial charge is 0.411 e. The molecule has 28 heavy (non-hydrogen) atoms. The molecule has 0 saturated heterocycles. The molecule has 2 aromatic carbocycles. The number of rotatable bonds is 8. The monoisotopic (exact) mass is 459 g/mol. The van der Waals surface area contributed by atoms with E-state index in [0.717, 1.165) is 22.9 Å². The van der Waals surface area contributed by atoms with Crippen LogP contribution >= 0.6 is 27.7 Å². The summed E-state index contributed by atoms with van der Waals surface area (Å²) >= 11 is 4.74. The lowest BCUT2D eigenvalue weighted by molar-refractivity contribution is -0.120. The minimum atomic E-state index is -0.327. The molecule has 0 unspecified atom stereocenters. The SMILES string of the molecule is C[C@H](CCc1ccccc1)NC(=O)[C@H](C)Sc1nnc(-c2ccccc2Br)o1. The second-order valence-electron chi connectivity index (χ2n) is 6.55. The van der Waals surface area contributed by atoms with E-state index in [-0.39, 0.29) is 17.2 Å². The van der Waals surface area contributed by atoms with Crippen molar-refractivity contribution in [2.75, 3.05) is 0 Å². The first-order valence-corrected chi connectivity index (χ1v) is 10.8. The highest BCUT2D eigenvalue weighted by atomic mass is 79.9. The third-order valence-electron chi connectivity index (χ3n) is 4.26. The molecule has 7 heteroatoms. The summed E-state index contributed by atoms with van der Waals surface area (Å²) in [6, 6.07) is 18.0. The van der Waals surface area contributed by atoms with Crippen molar-refractivity contribution in [1.29, 1.82) is 0 Å². The number of nitrogens with one attached hydrogen (secondary N) is 1. The molecule has 1 N–H and O–H groups in total. The molecular formula is C21H22BrN3O2S. The van der Waals surface area contributed by atoms with Crippen LogP contribution < -0.4 is 5.32 Å². The molecule has 0 fully saturated rings. The fourth-order valence-electron chi connectivity index (χ4n) is 2.67. The van der Waals surface area contributed by atoms with Gasteiger partial charge in [-0.25, -0.2) is 0 Å².